The largest absolute Gasteiger partial charge is 0.493 e. The van der Waals surface area contributed by atoms with Gasteiger partial charge in [0.2, 0.25) is 0 Å². The highest BCUT2D eigenvalue weighted by Gasteiger charge is 2.25. The fourth-order valence-corrected chi connectivity index (χ4v) is 4.14. The predicted octanol–water partition coefficient (Wildman–Crippen LogP) is 4.23. The van der Waals surface area contributed by atoms with Crippen molar-refractivity contribution in [2.75, 3.05) is 33.9 Å². The Morgan fingerprint density at radius 2 is 1.72 bits per heavy atom. The molecule has 0 heterocycles. The molecular formula is C22H37N3O4. The van der Waals surface area contributed by atoms with E-state index >= 15 is 0 Å². The fraction of sp³-hybridized carbons (Fsp3) is 0.727. The second kappa shape index (κ2) is 11.4. The van der Waals surface area contributed by atoms with Crippen LogP contribution in [0.1, 0.15) is 51.5 Å². The number of rotatable bonds is 11. The van der Waals surface area contributed by atoms with Crippen LogP contribution >= 0.6 is 0 Å². The summed E-state index contributed by atoms with van der Waals surface area (Å²) < 4.78 is 10.6. The van der Waals surface area contributed by atoms with Crippen LogP contribution in [0.3, 0.4) is 0 Å². The van der Waals surface area contributed by atoms with E-state index in [4.69, 9.17) is 15.2 Å². The van der Waals surface area contributed by atoms with Gasteiger partial charge in [-0.1, -0.05) is 13.8 Å². The maximum absolute atomic E-state index is 11.7. The maximum Gasteiger partial charge on any atom is 0.277 e. The van der Waals surface area contributed by atoms with Gasteiger partial charge in [-0.3, -0.25) is 15.0 Å². The molecule has 0 aliphatic heterocycles. The standard InChI is InChI=1S/C22H37N3O4/c1-16(2)9-10-24(14-18-7-5-17(13-23)6-8-18)15-19-11-21(28-3)22(29-4)12-20(19)25(26)27/h11-12,16-18H,5-10,13-15,23H2,1-4H3. The van der Waals surface area contributed by atoms with Gasteiger partial charge in [-0.05, 0) is 69.0 Å². The Hall–Kier alpha value is -1.86. The van der Waals surface area contributed by atoms with Crippen molar-refractivity contribution in [2.45, 2.75) is 52.5 Å². The van der Waals surface area contributed by atoms with E-state index in [0.717, 1.165) is 26.1 Å². The van der Waals surface area contributed by atoms with Crippen LogP contribution in [-0.2, 0) is 6.54 Å². The summed E-state index contributed by atoms with van der Waals surface area (Å²) >= 11 is 0. The van der Waals surface area contributed by atoms with Crippen LogP contribution in [0.4, 0.5) is 5.69 Å². The minimum absolute atomic E-state index is 0.0871. The first kappa shape index (κ1) is 23.4. The van der Waals surface area contributed by atoms with Gasteiger partial charge in [0.1, 0.15) is 0 Å². The van der Waals surface area contributed by atoms with Crippen molar-refractivity contribution < 1.29 is 14.4 Å². The predicted molar refractivity (Wildman–Crippen MR) is 115 cm³/mol. The van der Waals surface area contributed by atoms with Crippen LogP contribution in [0.25, 0.3) is 0 Å². The third-order valence-electron chi connectivity index (χ3n) is 6.01. The molecule has 0 aromatic heterocycles. The van der Waals surface area contributed by atoms with Gasteiger partial charge in [0.05, 0.1) is 25.2 Å². The molecule has 0 spiro atoms. The number of benzene rings is 1. The fourth-order valence-electron chi connectivity index (χ4n) is 4.14. The summed E-state index contributed by atoms with van der Waals surface area (Å²) in [4.78, 5) is 13.7. The van der Waals surface area contributed by atoms with E-state index in [1.807, 2.05) is 0 Å². The van der Waals surface area contributed by atoms with Gasteiger partial charge in [-0.15, -0.1) is 0 Å². The van der Waals surface area contributed by atoms with E-state index in [9.17, 15) is 10.1 Å². The first-order chi connectivity index (χ1) is 13.9. The molecule has 1 aromatic carbocycles. The van der Waals surface area contributed by atoms with Crippen LogP contribution in [0.15, 0.2) is 12.1 Å². The molecule has 164 valence electrons. The first-order valence-electron chi connectivity index (χ1n) is 10.7. The minimum Gasteiger partial charge on any atom is -0.493 e. The highest BCUT2D eigenvalue weighted by molar-refractivity contribution is 5.54. The van der Waals surface area contributed by atoms with Gasteiger partial charge >= 0.3 is 0 Å². The average Bonchev–Trinajstić information content (AvgIpc) is 2.71. The lowest BCUT2D eigenvalue weighted by atomic mass is 9.82. The van der Waals surface area contributed by atoms with Gasteiger partial charge < -0.3 is 15.2 Å². The number of hydrogen-bond donors (Lipinski definition) is 1. The quantitative estimate of drug-likeness (QED) is 0.436. The molecular weight excluding hydrogens is 370 g/mol. The molecule has 0 amide bonds. The van der Waals surface area contributed by atoms with E-state index in [1.54, 1.807) is 13.2 Å². The topological polar surface area (TPSA) is 90.9 Å². The van der Waals surface area contributed by atoms with E-state index in [1.165, 1.54) is 38.9 Å². The van der Waals surface area contributed by atoms with Gasteiger partial charge in [0, 0.05) is 18.7 Å². The highest BCUT2D eigenvalue weighted by Crippen LogP contribution is 2.36. The summed E-state index contributed by atoms with van der Waals surface area (Å²) in [7, 11) is 3.05. The zero-order valence-corrected chi connectivity index (χ0v) is 18.4. The summed E-state index contributed by atoms with van der Waals surface area (Å²) in [5.41, 5.74) is 6.59. The molecule has 0 atom stereocenters. The van der Waals surface area contributed by atoms with Gasteiger partial charge in [-0.25, -0.2) is 0 Å². The maximum atomic E-state index is 11.7. The molecule has 7 nitrogen and oxygen atoms in total. The Morgan fingerprint density at radius 1 is 1.14 bits per heavy atom. The number of nitro groups is 1. The van der Waals surface area contributed by atoms with Gasteiger partial charge in [0.25, 0.3) is 5.69 Å². The summed E-state index contributed by atoms with van der Waals surface area (Å²) in [6.45, 7) is 7.64. The zero-order valence-electron chi connectivity index (χ0n) is 18.4. The number of hydrogen-bond acceptors (Lipinski definition) is 6. The molecule has 29 heavy (non-hydrogen) atoms. The molecule has 0 unspecified atom stereocenters. The van der Waals surface area contributed by atoms with E-state index in [2.05, 4.69) is 18.7 Å². The molecule has 0 saturated heterocycles. The zero-order chi connectivity index (χ0) is 21.4. The van der Waals surface area contributed by atoms with Crippen molar-refractivity contribution in [3.8, 4) is 11.5 Å². The van der Waals surface area contributed by atoms with Crippen molar-refractivity contribution in [3.05, 3.63) is 27.8 Å². The molecule has 1 fully saturated rings. The van der Waals surface area contributed by atoms with Crippen molar-refractivity contribution >= 4 is 5.69 Å². The molecule has 2 rings (SSSR count). The Kier molecular flexibility index (Phi) is 9.17. The first-order valence-corrected chi connectivity index (χ1v) is 10.7. The summed E-state index contributed by atoms with van der Waals surface area (Å²) in [6, 6.07) is 3.23. The number of ether oxygens (including phenoxy) is 2. The number of nitro benzene ring substituents is 1. The molecule has 1 aromatic rings. The van der Waals surface area contributed by atoms with Crippen molar-refractivity contribution in [1.29, 1.82) is 0 Å². The van der Waals surface area contributed by atoms with E-state index < -0.39 is 0 Å². The van der Waals surface area contributed by atoms with Crippen molar-refractivity contribution in [3.63, 3.8) is 0 Å². The van der Waals surface area contributed by atoms with Gasteiger partial charge in [0.15, 0.2) is 11.5 Å². The molecule has 0 radical (unpaired) electrons. The highest BCUT2D eigenvalue weighted by atomic mass is 16.6. The number of methoxy groups -OCH3 is 2. The molecule has 1 aliphatic rings. The Morgan fingerprint density at radius 3 is 2.24 bits per heavy atom. The van der Waals surface area contributed by atoms with Crippen LogP contribution in [0, 0.1) is 27.9 Å². The molecule has 1 aliphatic carbocycles. The van der Waals surface area contributed by atoms with Crippen LogP contribution in [0.5, 0.6) is 11.5 Å². The van der Waals surface area contributed by atoms with Crippen molar-refractivity contribution in [1.82, 2.24) is 4.90 Å². The van der Waals surface area contributed by atoms with Crippen LogP contribution < -0.4 is 15.2 Å². The van der Waals surface area contributed by atoms with Gasteiger partial charge in [-0.2, -0.15) is 0 Å². The lowest BCUT2D eigenvalue weighted by Crippen LogP contribution is -2.33. The van der Waals surface area contributed by atoms with E-state index in [0.29, 0.717) is 41.4 Å². The molecule has 7 heteroatoms. The summed E-state index contributed by atoms with van der Waals surface area (Å²) in [5, 5.41) is 11.7. The number of nitrogens with zero attached hydrogens (tertiary/aromatic N) is 2. The normalized spacial score (nSPS) is 19.6. The molecule has 2 N–H and O–H groups in total. The lowest BCUT2D eigenvalue weighted by Gasteiger charge is -2.33. The third kappa shape index (κ3) is 6.85. The van der Waals surface area contributed by atoms with Crippen molar-refractivity contribution in [2.24, 2.45) is 23.5 Å². The SMILES string of the molecule is COc1cc(CN(CCC(C)C)CC2CCC(CN)CC2)c([N+](=O)[O-])cc1OC. The molecule has 1 saturated carbocycles. The monoisotopic (exact) mass is 407 g/mol. The Labute approximate surface area is 174 Å². The second-order valence-corrected chi connectivity index (χ2v) is 8.63. The second-order valence-electron chi connectivity index (χ2n) is 8.63. The summed E-state index contributed by atoms with van der Waals surface area (Å²) in [6.07, 6.45) is 5.83. The third-order valence-corrected chi connectivity index (χ3v) is 6.01. The van der Waals surface area contributed by atoms with E-state index in [-0.39, 0.29) is 10.6 Å². The Balaban J connectivity index is 2.19. The summed E-state index contributed by atoms with van der Waals surface area (Å²) in [5.74, 6) is 2.79. The van der Waals surface area contributed by atoms with Crippen LogP contribution in [0.2, 0.25) is 0 Å². The number of nitrogens with two attached hydrogens (primary N) is 1. The Bertz CT molecular complexity index is 658. The molecule has 0 bridgehead atoms. The lowest BCUT2D eigenvalue weighted by molar-refractivity contribution is -0.385. The minimum atomic E-state index is -0.329. The smallest absolute Gasteiger partial charge is 0.277 e. The van der Waals surface area contributed by atoms with Crippen LogP contribution in [-0.4, -0.2) is 43.7 Å². The average molecular weight is 408 g/mol.